The summed E-state index contributed by atoms with van der Waals surface area (Å²) in [6, 6.07) is 12.6. The van der Waals surface area contributed by atoms with Gasteiger partial charge in [-0.3, -0.25) is 18.6 Å². The second-order valence-corrected chi connectivity index (χ2v) is 7.99. The molecule has 5 rings (SSSR count). The van der Waals surface area contributed by atoms with E-state index in [9.17, 15) is 9.59 Å². The second kappa shape index (κ2) is 8.25. The maximum atomic E-state index is 12.7. The van der Waals surface area contributed by atoms with E-state index in [0.717, 1.165) is 11.2 Å². The van der Waals surface area contributed by atoms with Crippen LogP contribution in [0.4, 0.5) is 5.69 Å². The molecule has 0 spiro atoms. The molecule has 10 heteroatoms. The number of aryl methyl sites for hydroxylation is 1. The molecule has 32 heavy (non-hydrogen) atoms. The van der Waals surface area contributed by atoms with Crippen molar-refractivity contribution in [3.63, 3.8) is 0 Å². The topological polar surface area (TPSA) is 93.8 Å². The number of carbonyl (C=O) groups is 1. The highest BCUT2D eigenvalue weighted by Crippen LogP contribution is 2.23. The van der Waals surface area contributed by atoms with Crippen LogP contribution in [0.15, 0.2) is 47.3 Å². The van der Waals surface area contributed by atoms with Crippen LogP contribution >= 0.6 is 11.6 Å². The first-order chi connectivity index (χ1) is 15.5. The molecule has 0 atom stereocenters. The van der Waals surface area contributed by atoms with Crippen molar-refractivity contribution < 1.29 is 9.53 Å². The molecule has 0 aliphatic carbocycles. The van der Waals surface area contributed by atoms with Crippen molar-refractivity contribution >= 4 is 39.9 Å². The first-order valence-corrected chi connectivity index (χ1v) is 10.6. The Hall–Kier alpha value is -3.43. The number of carbonyl (C=O) groups excluding carboxylic acids is 1. The third-order valence-electron chi connectivity index (χ3n) is 5.64. The molecule has 3 heterocycles. The lowest BCUT2D eigenvalue weighted by Crippen LogP contribution is -2.40. The average Bonchev–Trinajstić information content (AvgIpc) is 3.26. The van der Waals surface area contributed by atoms with E-state index in [2.05, 4.69) is 15.5 Å². The number of benzene rings is 2. The second-order valence-electron chi connectivity index (χ2n) is 7.59. The molecule has 2 aromatic carbocycles. The average molecular weight is 453 g/mol. The molecule has 1 aliphatic rings. The van der Waals surface area contributed by atoms with E-state index in [0.29, 0.717) is 60.4 Å². The molecule has 9 nitrogen and oxygen atoms in total. The number of anilines is 1. The minimum atomic E-state index is -0.118. The van der Waals surface area contributed by atoms with Crippen LogP contribution in [0.1, 0.15) is 16.2 Å². The summed E-state index contributed by atoms with van der Waals surface area (Å²) in [4.78, 5) is 27.1. The molecular formula is C22H21ClN6O3. The molecule has 164 valence electrons. The zero-order chi connectivity index (χ0) is 22.2. The Balaban J connectivity index is 1.41. The monoisotopic (exact) mass is 452 g/mol. The standard InChI is InChI=1S/C22H21ClN6O3/c1-27-20(30)16-4-2-3-5-18(16)29-19(25-26-22(27)29)13-24-14-6-7-15(17(23)12-14)21(31)28-8-10-32-11-9-28/h2-7,12,24H,8-11,13H2,1H3. The van der Waals surface area contributed by atoms with E-state index in [1.165, 1.54) is 4.57 Å². The quantitative estimate of drug-likeness (QED) is 0.510. The lowest BCUT2D eigenvalue weighted by Gasteiger charge is -2.27. The van der Waals surface area contributed by atoms with Crippen LogP contribution in [0.25, 0.3) is 16.7 Å². The SMILES string of the molecule is Cn1c(=O)c2ccccc2n2c(CNc3ccc(C(=O)N4CCOCC4)c(Cl)c3)nnc12. The number of morpholine rings is 1. The Morgan fingerprint density at radius 2 is 1.94 bits per heavy atom. The summed E-state index contributed by atoms with van der Waals surface area (Å²) in [6.07, 6.45) is 0. The fourth-order valence-corrected chi connectivity index (χ4v) is 4.18. The molecule has 2 aromatic heterocycles. The summed E-state index contributed by atoms with van der Waals surface area (Å²) in [5, 5.41) is 12.7. The van der Waals surface area contributed by atoms with Crippen molar-refractivity contribution in [3.8, 4) is 0 Å². The Kier molecular flexibility index (Phi) is 5.28. The van der Waals surface area contributed by atoms with Crippen molar-refractivity contribution in [1.82, 2.24) is 24.1 Å². The Labute approximate surface area is 188 Å². The van der Waals surface area contributed by atoms with Gasteiger partial charge in [0.25, 0.3) is 11.5 Å². The van der Waals surface area contributed by atoms with Gasteiger partial charge < -0.3 is 15.0 Å². The van der Waals surface area contributed by atoms with Crippen molar-refractivity contribution in [3.05, 3.63) is 69.2 Å². The van der Waals surface area contributed by atoms with Gasteiger partial charge in [-0.15, -0.1) is 10.2 Å². The highest BCUT2D eigenvalue weighted by molar-refractivity contribution is 6.34. The zero-order valence-corrected chi connectivity index (χ0v) is 18.2. The Morgan fingerprint density at radius 3 is 2.72 bits per heavy atom. The van der Waals surface area contributed by atoms with Crippen molar-refractivity contribution in [2.24, 2.45) is 7.05 Å². The van der Waals surface area contributed by atoms with Crippen LogP contribution in [0.5, 0.6) is 0 Å². The molecule has 1 N–H and O–H groups in total. The molecular weight excluding hydrogens is 432 g/mol. The van der Waals surface area contributed by atoms with Crippen LogP contribution in [-0.4, -0.2) is 56.3 Å². The first-order valence-electron chi connectivity index (χ1n) is 10.3. The van der Waals surface area contributed by atoms with E-state index in [1.54, 1.807) is 30.1 Å². The van der Waals surface area contributed by atoms with E-state index < -0.39 is 0 Å². The van der Waals surface area contributed by atoms with Crippen LogP contribution < -0.4 is 10.9 Å². The van der Waals surface area contributed by atoms with Gasteiger partial charge in [-0.25, -0.2) is 0 Å². The van der Waals surface area contributed by atoms with E-state index in [4.69, 9.17) is 16.3 Å². The molecule has 4 aromatic rings. The lowest BCUT2D eigenvalue weighted by atomic mass is 10.1. The highest BCUT2D eigenvalue weighted by Gasteiger charge is 2.21. The van der Waals surface area contributed by atoms with Crippen LogP contribution in [0.2, 0.25) is 5.02 Å². The van der Waals surface area contributed by atoms with Crippen LogP contribution in [-0.2, 0) is 18.3 Å². The number of nitrogens with one attached hydrogen (secondary N) is 1. The van der Waals surface area contributed by atoms with Crippen LogP contribution in [0.3, 0.4) is 0 Å². The van der Waals surface area contributed by atoms with E-state index in [-0.39, 0.29) is 11.5 Å². The van der Waals surface area contributed by atoms with Crippen molar-refractivity contribution in [1.29, 1.82) is 0 Å². The summed E-state index contributed by atoms with van der Waals surface area (Å²) in [5.74, 6) is 1.02. The van der Waals surface area contributed by atoms with Crippen molar-refractivity contribution in [2.45, 2.75) is 6.54 Å². The number of fused-ring (bicyclic) bond motifs is 3. The Morgan fingerprint density at radius 1 is 1.16 bits per heavy atom. The largest absolute Gasteiger partial charge is 0.378 e. The van der Waals surface area contributed by atoms with Gasteiger partial charge in [0.1, 0.15) is 0 Å². The summed E-state index contributed by atoms with van der Waals surface area (Å²) in [7, 11) is 1.68. The number of para-hydroxylation sites is 1. The smallest absolute Gasteiger partial charge is 0.262 e. The first kappa shape index (κ1) is 20.5. The molecule has 1 fully saturated rings. The van der Waals surface area contributed by atoms with E-state index >= 15 is 0 Å². The number of nitrogens with zero attached hydrogens (tertiary/aromatic N) is 5. The van der Waals surface area contributed by atoms with Gasteiger partial charge in [-0.1, -0.05) is 23.7 Å². The highest BCUT2D eigenvalue weighted by atomic mass is 35.5. The predicted octanol–water partition coefficient (Wildman–Crippen LogP) is 2.32. The fraction of sp³-hybridized carbons (Fsp3) is 0.273. The van der Waals surface area contributed by atoms with Gasteiger partial charge >= 0.3 is 0 Å². The van der Waals surface area contributed by atoms with Crippen molar-refractivity contribution in [2.75, 3.05) is 31.6 Å². The number of amides is 1. The molecule has 1 aliphatic heterocycles. The van der Waals surface area contributed by atoms with Gasteiger partial charge in [-0.2, -0.15) is 0 Å². The number of hydrogen-bond acceptors (Lipinski definition) is 6. The predicted molar refractivity (Wildman–Crippen MR) is 121 cm³/mol. The molecule has 0 saturated carbocycles. The molecule has 1 saturated heterocycles. The molecule has 0 unspecified atom stereocenters. The van der Waals surface area contributed by atoms with E-state index in [1.807, 2.05) is 28.7 Å². The number of hydrogen-bond donors (Lipinski definition) is 1. The zero-order valence-electron chi connectivity index (χ0n) is 17.4. The third-order valence-corrected chi connectivity index (χ3v) is 5.95. The van der Waals surface area contributed by atoms with Gasteiger partial charge in [0.15, 0.2) is 5.82 Å². The summed E-state index contributed by atoms with van der Waals surface area (Å²) >= 11 is 6.43. The number of aromatic nitrogens is 4. The van der Waals surface area contributed by atoms with Gasteiger partial charge in [0.2, 0.25) is 5.78 Å². The summed E-state index contributed by atoms with van der Waals surface area (Å²) in [5.41, 5.74) is 1.84. The fourth-order valence-electron chi connectivity index (χ4n) is 3.92. The summed E-state index contributed by atoms with van der Waals surface area (Å²) in [6.45, 7) is 2.55. The normalized spacial score (nSPS) is 14.2. The van der Waals surface area contributed by atoms with Gasteiger partial charge in [0.05, 0.1) is 41.2 Å². The van der Waals surface area contributed by atoms with Gasteiger partial charge in [-0.05, 0) is 30.3 Å². The maximum Gasteiger partial charge on any atom is 0.262 e. The number of ether oxygens (including phenoxy) is 1. The minimum Gasteiger partial charge on any atom is -0.378 e. The minimum absolute atomic E-state index is 0.0966. The maximum absolute atomic E-state index is 12.7. The Bertz CT molecular complexity index is 1390. The number of rotatable bonds is 4. The lowest BCUT2D eigenvalue weighted by molar-refractivity contribution is 0.0303. The third kappa shape index (κ3) is 3.49. The summed E-state index contributed by atoms with van der Waals surface area (Å²) < 4.78 is 8.66. The molecule has 0 radical (unpaired) electrons. The van der Waals surface area contributed by atoms with Crippen LogP contribution in [0, 0.1) is 0 Å². The molecule has 0 bridgehead atoms. The number of halogens is 1. The van der Waals surface area contributed by atoms with Gasteiger partial charge in [0, 0.05) is 25.8 Å². The molecule has 1 amide bonds.